The Labute approximate surface area is 111 Å². The van der Waals surface area contributed by atoms with Crippen LogP contribution in [0.15, 0.2) is 29.3 Å². The summed E-state index contributed by atoms with van der Waals surface area (Å²) in [6.07, 6.45) is 1.77. The highest BCUT2D eigenvalue weighted by atomic mass is 16.7. The van der Waals surface area contributed by atoms with Crippen molar-refractivity contribution >= 4 is 17.2 Å². The Bertz CT molecular complexity index is 571. The number of hydrogen-bond donors (Lipinski definition) is 1. The largest absolute Gasteiger partial charge is 0.348 e. The van der Waals surface area contributed by atoms with Gasteiger partial charge in [0, 0.05) is 0 Å². The zero-order chi connectivity index (χ0) is 13.3. The van der Waals surface area contributed by atoms with Gasteiger partial charge in [-0.25, -0.2) is 4.98 Å². The van der Waals surface area contributed by atoms with Crippen LogP contribution in [-0.4, -0.2) is 41.2 Å². The zero-order valence-corrected chi connectivity index (χ0v) is 11.1. The van der Waals surface area contributed by atoms with Gasteiger partial charge in [-0.15, -0.1) is 0 Å². The van der Waals surface area contributed by atoms with E-state index >= 15 is 0 Å². The molecule has 1 aliphatic heterocycles. The minimum absolute atomic E-state index is 0.0237. The summed E-state index contributed by atoms with van der Waals surface area (Å²) in [6, 6.07) is 7.92. The van der Waals surface area contributed by atoms with Gasteiger partial charge in [0.15, 0.2) is 5.79 Å². The second-order valence-corrected chi connectivity index (χ2v) is 5.08. The fraction of sp³-hybridized carbons (Fsp3) is 0.429. The van der Waals surface area contributed by atoms with Crippen molar-refractivity contribution in [1.82, 2.24) is 9.97 Å². The molecule has 0 aliphatic carbocycles. The highest BCUT2D eigenvalue weighted by Crippen LogP contribution is 2.22. The van der Waals surface area contributed by atoms with Crippen LogP contribution in [0.1, 0.15) is 19.7 Å². The summed E-state index contributed by atoms with van der Waals surface area (Å²) >= 11 is 0. The maximum absolute atomic E-state index is 5.68. The number of aromatic amines is 1. The van der Waals surface area contributed by atoms with Gasteiger partial charge in [-0.2, -0.15) is 0 Å². The molecular weight excluding hydrogens is 242 g/mol. The lowest BCUT2D eigenvalue weighted by Gasteiger charge is -2.16. The van der Waals surface area contributed by atoms with Crippen LogP contribution in [0.2, 0.25) is 0 Å². The van der Waals surface area contributed by atoms with E-state index in [0.717, 1.165) is 16.9 Å². The van der Waals surface area contributed by atoms with Crippen LogP contribution < -0.4 is 0 Å². The van der Waals surface area contributed by atoms with Gasteiger partial charge < -0.3 is 14.5 Å². The Morgan fingerprint density at radius 3 is 3.05 bits per heavy atom. The number of aromatic nitrogens is 2. The number of rotatable bonds is 3. The van der Waals surface area contributed by atoms with Crippen LogP contribution in [0.25, 0.3) is 11.0 Å². The van der Waals surface area contributed by atoms with Crippen molar-refractivity contribution in [3.05, 3.63) is 30.1 Å². The van der Waals surface area contributed by atoms with Crippen molar-refractivity contribution in [1.29, 1.82) is 0 Å². The van der Waals surface area contributed by atoms with Gasteiger partial charge >= 0.3 is 0 Å². The van der Waals surface area contributed by atoms with Crippen LogP contribution in [0.5, 0.6) is 0 Å². The molecule has 5 heteroatoms. The molecule has 3 rings (SSSR count). The molecule has 1 aliphatic rings. The molecule has 1 saturated heterocycles. The third kappa shape index (κ3) is 2.83. The summed E-state index contributed by atoms with van der Waals surface area (Å²) in [6.45, 7) is 5.00. The quantitative estimate of drug-likeness (QED) is 0.859. The number of hydrogen-bond acceptors (Lipinski definition) is 4. The van der Waals surface area contributed by atoms with Crippen molar-refractivity contribution in [2.24, 2.45) is 4.99 Å². The molecule has 0 radical (unpaired) electrons. The Hall–Kier alpha value is -1.72. The maximum atomic E-state index is 5.68. The summed E-state index contributed by atoms with van der Waals surface area (Å²) in [7, 11) is 0. The van der Waals surface area contributed by atoms with Crippen LogP contribution in [-0.2, 0) is 9.47 Å². The lowest BCUT2D eigenvalue weighted by atomic mass is 10.3. The van der Waals surface area contributed by atoms with Crippen molar-refractivity contribution in [3.63, 3.8) is 0 Å². The van der Waals surface area contributed by atoms with Crippen LogP contribution in [0, 0.1) is 0 Å². The Balaban J connectivity index is 1.63. The van der Waals surface area contributed by atoms with Gasteiger partial charge in [-0.1, -0.05) is 12.1 Å². The van der Waals surface area contributed by atoms with Crippen LogP contribution in [0.4, 0.5) is 0 Å². The molecular formula is C14H17N3O2. The number of nitrogens with one attached hydrogen (secondary N) is 1. The van der Waals surface area contributed by atoms with E-state index < -0.39 is 5.79 Å². The Morgan fingerprint density at radius 2 is 2.32 bits per heavy atom. The normalized spacial score (nSPS) is 22.5. The highest BCUT2D eigenvalue weighted by molar-refractivity contribution is 5.83. The minimum atomic E-state index is -0.487. The average molecular weight is 259 g/mol. The zero-order valence-electron chi connectivity index (χ0n) is 11.1. The first-order valence-corrected chi connectivity index (χ1v) is 6.39. The van der Waals surface area contributed by atoms with Gasteiger partial charge in [0.05, 0.1) is 30.4 Å². The standard InChI is InChI=1S/C14H17N3O2/c1-14(2)18-9-10(19-14)7-15-8-13-16-11-5-3-4-6-12(11)17-13/h3-6,8,10H,7,9H2,1-2H3,(H,16,17). The molecule has 1 N–H and O–H groups in total. The number of imidazole rings is 1. The number of fused-ring (bicyclic) bond motifs is 1. The molecule has 1 fully saturated rings. The molecule has 1 unspecified atom stereocenters. The smallest absolute Gasteiger partial charge is 0.163 e. The lowest BCUT2D eigenvalue weighted by Crippen LogP contribution is -2.22. The highest BCUT2D eigenvalue weighted by Gasteiger charge is 2.32. The maximum Gasteiger partial charge on any atom is 0.163 e. The molecule has 2 aromatic rings. The topological polar surface area (TPSA) is 59.5 Å². The van der Waals surface area contributed by atoms with E-state index in [4.69, 9.17) is 9.47 Å². The molecule has 1 aromatic carbocycles. The molecule has 5 nitrogen and oxygen atoms in total. The summed E-state index contributed by atoms with van der Waals surface area (Å²) in [4.78, 5) is 12.0. The molecule has 0 spiro atoms. The first-order chi connectivity index (χ1) is 9.12. The van der Waals surface area contributed by atoms with Gasteiger partial charge in [0.2, 0.25) is 0 Å². The van der Waals surface area contributed by atoms with Crippen molar-refractivity contribution in [2.45, 2.75) is 25.7 Å². The summed E-state index contributed by atoms with van der Waals surface area (Å²) in [5, 5.41) is 0. The third-order valence-electron chi connectivity index (χ3n) is 3.00. The summed E-state index contributed by atoms with van der Waals surface area (Å²) in [5.41, 5.74) is 1.97. The van der Waals surface area contributed by atoms with E-state index in [-0.39, 0.29) is 6.10 Å². The van der Waals surface area contributed by atoms with E-state index in [0.29, 0.717) is 13.2 Å². The third-order valence-corrected chi connectivity index (χ3v) is 3.00. The van der Waals surface area contributed by atoms with E-state index in [1.54, 1.807) is 6.21 Å². The van der Waals surface area contributed by atoms with E-state index in [9.17, 15) is 0 Å². The van der Waals surface area contributed by atoms with Gasteiger partial charge in [-0.3, -0.25) is 4.99 Å². The number of ether oxygens (including phenoxy) is 2. The average Bonchev–Trinajstić information content (AvgIpc) is 2.92. The predicted molar refractivity (Wildman–Crippen MR) is 73.5 cm³/mol. The van der Waals surface area contributed by atoms with Crippen LogP contribution in [0.3, 0.4) is 0 Å². The first kappa shape index (κ1) is 12.3. The number of para-hydroxylation sites is 2. The SMILES string of the molecule is CC1(C)OCC(CN=Cc2nc3ccccc3[nH]2)O1. The molecule has 0 saturated carbocycles. The van der Waals surface area contributed by atoms with Gasteiger partial charge in [0.1, 0.15) is 11.9 Å². The fourth-order valence-electron chi connectivity index (χ4n) is 2.14. The summed E-state index contributed by atoms with van der Waals surface area (Å²) < 4.78 is 11.2. The van der Waals surface area contributed by atoms with E-state index in [1.807, 2.05) is 38.1 Å². The van der Waals surface area contributed by atoms with E-state index in [1.165, 1.54) is 0 Å². The molecule has 19 heavy (non-hydrogen) atoms. The Morgan fingerprint density at radius 1 is 1.47 bits per heavy atom. The second kappa shape index (κ2) is 4.75. The molecule has 2 heterocycles. The van der Waals surface area contributed by atoms with Crippen LogP contribution >= 0.6 is 0 Å². The van der Waals surface area contributed by atoms with Gasteiger partial charge in [-0.05, 0) is 26.0 Å². The molecule has 0 amide bonds. The Kier molecular flexibility index (Phi) is 3.08. The van der Waals surface area contributed by atoms with Crippen molar-refractivity contribution in [2.75, 3.05) is 13.2 Å². The number of nitrogens with zero attached hydrogens (tertiary/aromatic N) is 2. The van der Waals surface area contributed by atoms with Crippen molar-refractivity contribution in [3.8, 4) is 0 Å². The lowest BCUT2D eigenvalue weighted by molar-refractivity contribution is -0.137. The van der Waals surface area contributed by atoms with Gasteiger partial charge in [0.25, 0.3) is 0 Å². The predicted octanol–water partition coefficient (Wildman–Crippen LogP) is 2.13. The molecule has 1 aromatic heterocycles. The number of H-pyrrole nitrogens is 1. The fourth-order valence-corrected chi connectivity index (χ4v) is 2.14. The number of benzene rings is 1. The van der Waals surface area contributed by atoms with Crippen molar-refractivity contribution < 1.29 is 9.47 Å². The first-order valence-electron chi connectivity index (χ1n) is 6.39. The van der Waals surface area contributed by atoms with E-state index in [2.05, 4.69) is 15.0 Å². The summed E-state index contributed by atoms with van der Waals surface area (Å²) in [5.74, 6) is 0.277. The minimum Gasteiger partial charge on any atom is -0.348 e. The second-order valence-electron chi connectivity index (χ2n) is 5.08. The molecule has 100 valence electrons. The number of aliphatic imine (C=N–C) groups is 1. The molecule has 1 atom stereocenters. The monoisotopic (exact) mass is 259 g/mol. The molecule has 0 bridgehead atoms.